The van der Waals surface area contributed by atoms with E-state index in [0.717, 1.165) is 0 Å². The standard InChI is InChI=1S/C11H20O5/c1-5-15-10(13)8-7(11(8,3)4)9(16-14)6(2)12/h6-9,12,14H,5H2,1-4H3. The molecule has 0 bridgehead atoms. The third-order valence-electron chi connectivity index (χ3n) is 3.40. The number of carbonyl (C=O) groups is 1. The van der Waals surface area contributed by atoms with Gasteiger partial charge in [0.15, 0.2) is 0 Å². The molecule has 1 aliphatic rings. The van der Waals surface area contributed by atoms with E-state index >= 15 is 0 Å². The predicted molar refractivity (Wildman–Crippen MR) is 56.6 cm³/mol. The van der Waals surface area contributed by atoms with E-state index in [-0.39, 0.29) is 23.2 Å². The molecule has 16 heavy (non-hydrogen) atoms. The minimum absolute atomic E-state index is 0.212. The Balaban J connectivity index is 2.72. The van der Waals surface area contributed by atoms with Crippen molar-refractivity contribution in [2.45, 2.75) is 39.9 Å². The molecule has 0 amide bonds. The first-order valence-corrected chi connectivity index (χ1v) is 5.52. The smallest absolute Gasteiger partial charge is 0.309 e. The average molecular weight is 232 g/mol. The number of ether oxygens (including phenoxy) is 1. The van der Waals surface area contributed by atoms with Gasteiger partial charge < -0.3 is 9.84 Å². The van der Waals surface area contributed by atoms with Crippen molar-refractivity contribution in [2.24, 2.45) is 17.3 Å². The van der Waals surface area contributed by atoms with Gasteiger partial charge in [0, 0.05) is 5.92 Å². The van der Waals surface area contributed by atoms with Crippen molar-refractivity contribution in [3.8, 4) is 0 Å². The molecule has 0 aliphatic heterocycles. The maximum absolute atomic E-state index is 11.6. The molecule has 94 valence electrons. The van der Waals surface area contributed by atoms with Gasteiger partial charge in [-0.2, -0.15) is 0 Å². The van der Waals surface area contributed by atoms with Crippen molar-refractivity contribution in [2.75, 3.05) is 6.61 Å². The highest BCUT2D eigenvalue weighted by atomic mass is 17.1. The molecule has 1 aliphatic carbocycles. The molecular formula is C11H20O5. The fraction of sp³-hybridized carbons (Fsp3) is 0.909. The molecule has 1 rings (SSSR count). The Hall–Kier alpha value is -0.650. The van der Waals surface area contributed by atoms with Crippen molar-refractivity contribution in [3.05, 3.63) is 0 Å². The summed E-state index contributed by atoms with van der Waals surface area (Å²) in [6.07, 6.45) is -1.57. The minimum Gasteiger partial charge on any atom is -0.466 e. The second kappa shape index (κ2) is 4.69. The third kappa shape index (κ3) is 2.21. The van der Waals surface area contributed by atoms with Crippen molar-refractivity contribution >= 4 is 5.97 Å². The molecule has 5 heteroatoms. The molecule has 1 saturated carbocycles. The van der Waals surface area contributed by atoms with E-state index in [9.17, 15) is 9.90 Å². The summed E-state index contributed by atoms with van der Waals surface area (Å²) in [4.78, 5) is 15.9. The minimum atomic E-state index is -0.825. The zero-order chi connectivity index (χ0) is 12.5. The van der Waals surface area contributed by atoms with Crippen LogP contribution in [0.2, 0.25) is 0 Å². The van der Waals surface area contributed by atoms with Gasteiger partial charge in [0.1, 0.15) is 6.10 Å². The van der Waals surface area contributed by atoms with E-state index < -0.39 is 12.2 Å². The second-order valence-corrected chi connectivity index (χ2v) is 4.89. The van der Waals surface area contributed by atoms with E-state index in [1.165, 1.54) is 6.92 Å². The van der Waals surface area contributed by atoms with Crippen LogP contribution in [0.5, 0.6) is 0 Å². The van der Waals surface area contributed by atoms with Crippen molar-refractivity contribution in [3.63, 3.8) is 0 Å². The lowest BCUT2D eigenvalue weighted by Crippen LogP contribution is -2.30. The van der Waals surface area contributed by atoms with E-state index in [1.807, 2.05) is 13.8 Å². The van der Waals surface area contributed by atoms with Gasteiger partial charge >= 0.3 is 5.97 Å². The Morgan fingerprint density at radius 3 is 2.44 bits per heavy atom. The number of aliphatic hydroxyl groups excluding tert-OH is 1. The number of esters is 1. The van der Waals surface area contributed by atoms with Crippen LogP contribution in [-0.2, 0) is 14.4 Å². The highest BCUT2D eigenvalue weighted by Crippen LogP contribution is 2.61. The predicted octanol–water partition coefficient (Wildman–Crippen LogP) is 1.06. The molecule has 1 fully saturated rings. The summed E-state index contributed by atoms with van der Waals surface area (Å²) >= 11 is 0. The molecule has 0 radical (unpaired) electrons. The van der Waals surface area contributed by atoms with Gasteiger partial charge in [-0.3, -0.25) is 10.1 Å². The van der Waals surface area contributed by atoms with Gasteiger partial charge in [0.2, 0.25) is 0 Å². The molecule has 0 heterocycles. The number of hydrogen-bond donors (Lipinski definition) is 2. The summed E-state index contributed by atoms with van der Waals surface area (Å²) in [7, 11) is 0. The normalized spacial score (nSPS) is 30.6. The van der Waals surface area contributed by atoms with Gasteiger partial charge in [0.25, 0.3) is 0 Å². The van der Waals surface area contributed by atoms with Gasteiger partial charge in [0.05, 0.1) is 18.6 Å². The SMILES string of the molecule is CCOC(=O)C1C(C(OO)C(C)O)C1(C)C. The van der Waals surface area contributed by atoms with E-state index in [2.05, 4.69) is 4.89 Å². The highest BCUT2D eigenvalue weighted by molar-refractivity contribution is 5.77. The summed E-state index contributed by atoms with van der Waals surface area (Å²) in [6, 6.07) is 0. The fourth-order valence-corrected chi connectivity index (χ4v) is 2.43. The molecule has 0 aromatic heterocycles. The van der Waals surface area contributed by atoms with Crippen LogP contribution < -0.4 is 0 Å². The summed E-state index contributed by atoms with van der Waals surface area (Å²) in [5.41, 5.74) is -0.309. The Kier molecular flexibility index (Phi) is 3.93. The lowest BCUT2D eigenvalue weighted by Gasteiger charge is -2.17. The molecule has 4 atom stereocenters. The molecule has 0 aromatic carbocycles. The Bertz CT molecular complexity index is 261. The van der Waals surface area contributed by atoms with Crippen LogP contribution in [0.1, 0.15) is 27.7 Å². The molecule has 5 nitrogen and oxygen atoms in total. The topological polar surface area (TPSA) is 76.0 Å². The lowest BCUT2D eigenvalue weighted by molar-refractivity contribution is -0.302. The maximum Gasteiger partial charge on any atom is 0.309 e. The third-order valence-corrected chi connectivity index (χ3v) is 3.40. The first-order valence-electron chi connectivity index (χ1n) is 5.52. The number of aliphatic hydroxyl groups is 1. The number of hydrogen-bond acceptors (Lipinski definition) is 5. The van der Waals surface area contributed by atoms with Gasteiger partial charge in [-0.15, -0.1) is 0 Å². The van der Waals surface area contributed by atoms with Crippen LogP contribution in [0.3, 0.4) is 0 Å². The monoisotopic (exact) mass is 232 g/mol. The van der Waals surface area contributed by atoms with E-state index in [1.54, 1.807) is 6.92 Å². The largest absolute Gasteiger partial charge is 0.466 e. The molecule has 4 unspecified atom stereocenters. The highest BCUT2D eigenvalue weighted by Gasteiger charge is 2.66. The molecular weight excluding hydrogens is 212 g/mol. The average Bonchev–Trinajstić information content (AvgIpc) is 2.70. The Morgan fingerprint density at radius 1 is 1.50 bits per heavy atom. The first kappa shape index (κ1) is 13.4. The molecule has 0 aromatic rings. The van der Waals surface area contributed by atoms with Crippen molar-refractivity contribution < 1.29 is 24.8 Å². The fourth-order valence-electron chi connectivity index (χ4n) is 2.43. The summed E-state index contributed by atoms with van der Waals surface area (Å²) in [6.45, 7) is 7.40. The quantitative estimate of drug-likeness (QED) is 0.421. The van der Waals surface area contributed by atoms with Crippen LogP contribution in [0, 0.1) is 17.3 Å². The van der Waals surface area contributed by atoms with Crippen LogP contribution in [-0.4, -0.2) is 35.1 Å². The zero-order valence-electron chi connectivity index (χ0n) is 10.1. The number of rotatable bonds is 5. The van der Waals surface area contributed by atoms with Crippen molar-refractivity contribution in [1.82, 2.24) is 0 Å². The summed E-state index contributed by atoms with van der Waals surface area (Å²) in [5.74, 6) is -0.823. The van der Waals surface area contributed by atoms with E-state index in [4.69, 9.17) is 9.99 Å². The van der Waals surface area contributed by atoms with Crippen LogP contribution in [0.4, 0.5) is 0 Å². The van der Waals surface area contributed by atoms with Crippen LogP contribution in [0.15, 0.2) is 0 Å². The van der Waals surface area contributed by atoms with Crippen LogP contribution >= 0.6 is 0 Å². The Morgan fingerprint density at radius 2 is 2.06 bits per heavy atom. The molecule has 0 spiro atoms. The summed E-state index contributed by atoms with van der Waals surface area (Å²) in [5, 5.41) is 18.2. The van der Waals surface area contributed by atoms with Gasteiger partial charge in [-0.1, -0.05) is 13.8 Å². The van der Waals surface area contributed by atoms with E-state index in [0.29, 0.717) is 6.61 Å². The van der Waals surface area contributed by atoms with Gasteiger partial charge in [-0.05, 0) is 19.3 Å². The van der Waals surface area contributed by atoms with Gasteiger partial charge in [-0.25, -0.2) is 4.89 Å². The second-order valence-electron chi connectivity index (χ2n) is 4.89. The first-order chi connectivity index (χ1) is 7.37. The maximum atomic E-state index is 11.6. The lowest BCUT2D eigenvalue weighted by atomic mass is 10.0. The van der Waals surface area contributed by atoms with Crippen LogP contribution in [0.25, 0.3) is 0 Å². The number of carbonyl (C=O) groups excluding carboxylic acids is 1. The molecule has 2 N–H and O–H groups in total. The zero-order valence-corrected chi connectivity index (χ0v) is 10.1. The van der Waals surface area contributed by atoms with Crippen molar-refractivity contribution in [1.29, 1.82) is 0 Å². The summed E-state index contributed by atoms with van der Waals surface area (Å²) < 4.78 is 4.95. The molecule has 0 saturated heterocycles. The Labute approximate surface area is 95.3 Å².